The Morgan fingerprint density at radius 2 is 1.62 bits per heavy atom. The molecule has 0 amide bonds. The molecule has 1 unspecified atom stereocenters. The topological polar surface area (TPSA) is 32.7 Å². The molecule has 0 bridgehead atoms. The molecule has 1 aliphatic heterocycles. The largest absolute Gasteiger partial charge is 0.297 e. The van der Waals surface area contributed by atoms with Crippen molar-refractivity contribution in [3.63, 3.8) is 0 Å². The van der Waals surface area contributed by atoms with Crippen molar-refractivity contribution in [3.8, 4) is 0 Å². The first-order valence-electron chi connectivity index (χ1n) is 14.7. The Hall–Kier alpha value is -2.66. The van der Waals surface area contributed by atoms with Crippen LogP contribution >= 0.6 is 0 Å². The average molecular weight is 559 g/mol. The summed E-state index contributed by atoms with van der Waals surface area (Å²) in [4.78, 5) is 17.4. The van der Waals surface area contributed by atoms with Crippen molar-refractivity contribution in [3.05, 3.63) is 84.6 Å². The summed E-state index contributed by atoms with van der Waals surface area (Å²) in [5.41, 5.74) is 3.27. The van der Waals surface area contributed by atoms with Crippen molar-refractivity contribution in [2.45, 2.75) is 119 Å². The first kappa shape index (κ1) is 39.5. The monoisotopic (exact) mass is 558 g/mol. The van der Waals surface area contributed by atoms with E-state index in [4.69, 9.17) is 0 Å². The molecule has 1 fully saturated rings. The molecular formula is C35H56F2N2O. The Bertz CT molecular complexity index is 939. The summed E-state index contributed by atoms with van der Waals surface area (Å²) in [5, 5.41) is 0. The molecule has 1 heterocycles. The van der Waals surface area contributed by atoms with E-state index in [0.29, 0.717) is 0 Å². The third-order valence-electron chi connectivity index (χ3n) is 6.76. The van der Waals surface area contributed by atoms with Crippen LogP contribution in [0.2, 0.25) is 0 Å². The fourth-order valence-electron chi connectivity index (χ4n) is 4.17. The normalized spacial score (nSPS) is 14.8. The maximum atomic E-state index is 12.4. The molecule has 40 heavy (non-hydrogen) atoms. The van der Waals surface area contributed by atoms with Crippen LogP contribution in [0.25, 0.3) is 0 Å². The number of Topliss-reactive ketones (excluding diaryl/α,β-unsaturated/α-hetero) is 1. The number of carbonyl (C=O) groups excluding carboxylic acids is 1. The molecule has 1 aromatic rings. The summed E-state index contributed by atoms with van der Waals surface area (Å²) in [7, 11) is 0. The number of likely N-dealkylation sites (tertiary alicyclic amines) is 1. The minimum atomic E-state index is -0.988. The highest BCUT2D eigenvalue weighted by atomic mass is 19.2. The number of benzene rings is 1. The van der Waals surface area contributed by atoms with E-state index in [0.717, 1.165) is 35.5 Å². The van der Waals surface area contributed by atoms with Crippen molar-refractivity contribution in [1.82, 2.24) is 4.90 Å². The van der Waals surface area contributed by atoms with E-state index in [-0.39, 0.29) is 11.3 Å². The lowest BCUT2D eigenvalue weighted by Gasteiger charge is -2.41. The highest BCUT2D eigenvalue weighted by Gasteiger charge is 2.26. The number of nitrogens with zero attached hydrogens (tertiary/aromatic N) is 2. The van der Waals surface area contributed by atoms with Gasteiger partial charge in [-0.1, -0.05) is 77.5 Å². The Morgan fingerprint density at radius 3 is 2.02 bits per heavy atom. The van der Waals surface area contributed by atoms with Crippen LogP contribution in [-0.4, -0.2) is 35.0 Å². The summed E-state index contributed by atoms with van der Waals surface area (Å²) in [6.07, 6.45) is 16.4. The number of allylic oxidation sites excluding steroid dienone is 4. The minimum Gasteiger partial charge on any atom is -0.297 e. The smallest absolute Gasteiger partial charge is 0.159 e. The summed E-state index contributed by atoms with van der Waals surface area (Å²) in [5.74, 6) is -2.20. The minimum absolute atomic E-state index is 0.184. The van der Waals surface area contributed by atoms with Crippen LogP contribution in [0.3, 0.4) is 0 Å². The molecule has 1 saturated heterocycles. The van der Waals surface area contributed by atoms with Gasteiger partial charge < -0.3 is 0 Å². The van der Waals surface area contributed by atoms with Crippen molar-refractivity contribution in [2.24, 2.45) is 4.99 Å². The van der Waals surface area contributed by atoms with Crippen LogP contribution in [-0.2, 0) is 0 Å². The van der Waals surface area contributed by atoms with E-state index in [2.05, 4.69) is 70.3 Å². The first-order chi connectivity index (χ1) is 18.9. The molecule has 0 radical (unpaired) electrons. The molecule has 2 rings (SSSR count). The number of piperidine rings is 1. The second-order valence-corrected chi connectivity index (χ2v) is 10.2. The molecule has 1 aromatic carbocycles. The molecule has 0 aliphatic carbocycles. The van der Waals surface area contributed by atoms with Gasteiger partial charge in [-0.15, -0.1) is 0 Å². The average Bonchev–Trinajstić information content (AvgIpc) is 2.94. The highest BCUT2D eigenvalue weighted by Crippen LogP contribution is 2.25. The molecule has 0 N–H and O–H groups in total. The summed E-state index contributed by atoms with van der Waals surface area (Å²) in [6.45, 7) is 28.4. The van der Waals surface area contributed by atoms with Crippen LogP contribution in [0.15, 0.2) is 72.4 Å². The summed E-state index contributed by atoms with van der Waals surface area (Å²) in [6, 6.07) is 4.84. The molecule has 0 spiro atoms. The van der Waals surface area contributed by atoms with Gasteiger partial charge in [-0.3, -0.25) is 14.7 Å². The molecular weight excluding hydrogens is 502 g/mol. The molecule has 3 nitrogen and oxygen atoms in total. The lowest BCUT2D eigenvalue weighted by molar-refractivity contribution is 0.0807. The van der Waals surface area contributed by atoms with Gasteiger partial charge in [0.05, 0.1) is 0 Å². The van der Waals surface area contributed by atoms with Gasteiger partial charge in [0.25, 0.3) is 0 Å². The van der Waals surface area contributed by atoms with Gasteiger partial charge in [-0.05, 0) is 97.0 Å². The molecule has 1 atom stereocenters. The quantitative estimate of drug-likeness (QED) is 0.124. The van der Waals surface area contributed by atoms with Crippen LogP contribution in [0.5, 0.6) is 0 Å². The highest BCUT2D eigenvalue weighted by molar-refractivity contribution is 6.00. The van der Waals surface area contributed by atoms with Gasteiger partial charge in [0, 0.05) is 29.6 Å². The Morgan fingerprint density at radius 1 is 1.05 bits per heavy atom. The number of carbonyl (C=O) groups is 1. The Balaban J connectivity index is 0. The second kappa shape index (κ2) is 24.2. The summed E-state index contributed by atoms with van der Waals surface area (Å²) < 4.78 is 24.7. The molecule has 0 aromatic heterocycles. The van der Waals surface area contributed by atoms with Crippen LogP contribution in [0.4, 0.5) is 8.78 Å². The number of rotatable bonds is 10. The number of hydrogen-bond donors (Lipinski definition) is 0. The standard InChI is InChI=1S/C14H29N.C8H6F2O.C8H11N.C5H10/c1-4-9-14(10-5-2)15-12-8-7-11-13(15)6-3;1-5(11)6-2-3-7(9)8(10)4-6;1-5-7(3)8(4)9-6-2;1-4-5(2)3/h13-14H,4-12H2,1-3H3;2-4H,1H3;5-6H,1-3H2,4H3;4H,1-3H3. The van der Waals surface area contributed by atoms with E-state index in [1.54, 1.807) is 6.08 Å². The maximum absolute atomic E-state index is 12.4. The zero-order valence-electron chi connectivity index (χ0n) is 26.7. The first-order valence-corrected chi connectivity index (χ1v) is 14.7. The van der Waals surface area contributed by atoms with Gasteiger partial charge in [0.15, 0.2) is 17.4 Å². The van der Waals surface area contributed by atoms with Crippen molar-refractivity contribution < 1.29 is 13.6 Å². The number of halogens is 2. The Labute approximate surface area is 244 Å². The number of hydrogen-bond acceptors (Lipinski definition) is 3. The van der Waals surface area contributed by atoms with Crippen molar-refractivity contribution in [1.29, 1.82) is 0 Å². The van der Waals surface area contributed by atoms with Gasteiger partial charge in [0.1, 0.15) is 0 Å². The van der Waals surface area contributed by atoms with Gasteiger partial charge >= 0.3 is 0 Å². The lowest BCUT2D eigenvalue weighted by atomic mass is 9.94. The number of aliphatic imine (C=N–C) groups is 1. The van der Waals surface area contributed by atoms with Crippen LogP contribution in [0, 0.1) is 11.6 Å². The zero-order chi connectivity index (χ0) is 31.1. The second-order valence-electron chi connectivity index (χ2n) is 10.2. The lowest BCUT2D eigenvalue weighted by Crippen LogP contribution is -2.45. The fraction of sp³-hybridized carbons (Fsp3) is 0.543. The van der Waals surface area contributed by atoms with Gasteiger partial charge in [-0.25, -0.2) is 8.78 Å². The van der Waals surface area contributed by atoms with Gasteiger partial charge in [0.2, 0.25) is 0 Å². The predicted molar refractivity (Wildman–Crippen MR) is 172 cm³/mol. The van der Waals surface area contributed by atoms with E-state index in [9.17, 15) is 13.6 Å². The van der Waals surface area contributed by atoms with E-state index in [1.807, 2.05) is 13.8 Å². The predicted octanol–water partition coefficient (Wildman–Crippen LogP) is 10.7. The van der Waals surface area contributed by atoms with Crippen LogP contribution in [0.1, 0.15) is 117 Å². The number of ketones is 1. The molecule has 5 heteroatoms. The SMILES string of the molecule is C=CN=C(C)C(=C)C=C.CC(=O)c1ccc(F)c(F)c1.CC=C(C)C.CCCC(CCC)N1CCCCC1CC. The van der Waals surface area contributed by atoms with Crippen LogP contribution < -0.4 is 0 Å². The van der Waals surface area contributed by atoms with E-state index < -0.39 is 11.6 Å². The third kappa shape index (κ3) is 17.8. The maximum Gasteiger partial charge on any atom is 0.159 e. The van der Waals surface area contributed by atoms with Crippen molar-refractivity contribution >= 4 is 11.5 Å². The van der Waals surface area contributed by atoms with E-state index >= 15 is 0 Å². The van der Waals surface area contributed by atoms with Crippen molar-refractivity contribution in [2.75, 3.05) is 6.54 Å². The third-order valence-corrected chi connectivity index (χ3v) is 6.76. The summed E-state index contributed by atoms with van der Waals surface area (Å²) >= 11 is 0. The molecule has 0 saturated carbocycles. The Kier molecular flexibility index (Phi) is 23.9. The molecule has 226 valence electrons. The van der Waals surface area contributed by atoms with E-state index in [1.165, 1.54) is 82.7 Å². The molecule has 1 aliphatic rings. The van der Waals surface area contributed by atoms with Gasteiger partial charge in [-0.2, -0.15) is 0 Å². The fourth-order valence-corrected chi connectivity index (χ4v) is 4.17. The zero-order valence-corrected chi connectivity index (χ0v) is 26.7.